The maximum Gasteiger partial charge on any atom is 0.251 e. The lowest BCUT2D eigenvalue weighted by molar-refractivity contribution is 0.0912. The Morgan fingerprint density at radius 1 is 1.24 bits per heavy atom. The fourth-order valence-corrected chi connectivity index (χ4v) is 3.29. The molecule has 1 aliphatic heterocycles. The summed E-state index contributed by atoms with van der Waals surface area (Å²) in [6.07, 6.45) is 2.21. The molecule has 2 aromatic rings. The largest absolute Gasteiger partial charge is 0.348 e. The van der Waals surface area contributed by atoms with Crippen LogP contribution < -0.4 is 5.32 Å². The molecular formula is C17H19BrN2O. The second kappa shape index (κ2) is 6.16. The van der Waals surface area contributed by atoms with Crippen LogP contribution in [-0.4, -0.2) is 37.0 Å². The Balaban J connectivity index is 1.76. The monoisotopic (exact) mass is 346 g/mol. The van der Waals surface area contributed by atoms with Crippen molar-refractivity contribution in [2.75, 3.05) is 20.1 Å². The molecule has 1 saturated heterocycles. The van der Waals surface area contributed by atoms with Crippen LogP contribution in [0.2, 0.25) is 0 Å². The van der Waals surface area contributed by atoms with E-state index in [1.807, 2.05) is 30.3 Å². The first-order valence-electron chi connectivity index (χ1n) is 7.30. The van der Waals surface area contributed by atoms with Crippen LogP contribution in [0.1, 0.15) is 23.2 Å². The molecule has 1 unspecified atom stereocenters. The number of nitrogens with zero attached hydrogens (tertiary/aromatic N) is 1. The van der Waals surface area contributed by atoms with Crippen molar-refractivity contribution in [3.63, 3.8) is 0 Å². The van der Waals surface area contributed by atoms with Gasteiger partial charge < -0.3 is 10.2 Å². The maximum atomic E-state index is 12.4. The standard InChI is InChI=1S/C17H19BrN2O/c1-20-8-2-3-16(11-20)19-17(21)14-5-4-13-10-15(18)7-6-12(13)9-14/h4-7,9-10,16H,2-3,8,11H2,1H3,(H,19,21). The summed E-state index contributed by atoms with van der Waals surface area (Å²) in [5, 5.41) is 5.38. The number of carbonyl (C=O) groups is 1. The minimum Gasteiger partial charge on any atom is -0.348 e. The Bertz CT molecular complexity index is 671. The smallest absolute Gasteiger partial charge is 0.251 e. The van der Waals surface area contributed by atoms with Crippen LogP contribution in [0, 0.1) is 0 Å². The van der Waals surface area contributed by atoms with Gasteiger partial charge in [0.05, 0.1) is 0 Å². The highest BCUT2D eigenvalue weighted by atomic mass is 79.9. The number of piperidine rings is 1. The zero-order valence-corrected chi connectivity index (χ0v) is 13.7. The van der Waals surface area contributed by atoms with Crippen molar-refractivity contribution < 1.29 is 4.79 Å². The lowest BCUT2D eigenvalue weighted by atomic mass is 10.0. The molecule has 1 heterocycles. The van der Waals surface area contributed by atoms with Crippen LogP contribution >= 0.6 is 15.9 Å². The zero-order valence-electron chi connectivity index (χ0n) is 12.1. The van der Waals surface area contributed by atoms with E-state index < -0.39 is 0 Å². The summed E-state index contributed by atoms with van der Waals surface area (Å²) >= 11 is 3.47. The molecule has 1 fully saturated rings. The van der Waals surface area contributed by atoms with Gasteiger partial charge in [-0.1, -0.05) is 28.1 Å². The zero-order chi connectivity index (χ0) is 14.8. The topological polar surface area (TPSA) is 32.3 Å². The van der Waals surface area contributed by atoms with E-state index in [-0.39, 0.29) is 11.9 Å². The lowest BCUT2D eigenvalue weighted by Crippen LogP contribution is -2.46. The average Bonchev–Trinajstić information content (AvgIpc) is 2.46. The number of likely N-dealkylation sites (N-methyl/N-ethyl adjacent to an activating group) is 1. The number of carbonyl (C=O) groups excluding carboxylic acids is 1. The van der Waals surface area contributed by atoms with E-state index in [1.54, 1.807) is 0 Å². The predicted molar refractivity (Wildman–Crippen MR) is 89.6 cm³/mol. The third kappa shape index (κ3) is 3.44. The number of benzene rings is 2. The Kier molecular flexibility index (Phi) is 4.27. The van der Waals surface area contributed by atoms with E-state index in [4.69, 9.17) is 0 Å². The molecule has 110 valence electrons. The van der Waals surface area contributed by atoms with Gasteiger partial charge in [-0.3, -0.25) is 4.79 Å². The van der Waals surface area contributed by atoms with Crippen LogP contribution in [0.4, 0.5) is 0 Å². The Hall–Kier alpha value is -1.39. The minimum absolute atomic E-state index is 0.0279. The van der Waals surface area contributed by atoms with Gasteiger partial charge in [0, 0.05) is 22.6 Å². The second-order valence-corrected chi connectivity index (χ2v) is 6.70. The molecule has 0 aliphatic carbocycles. The van der Waals surface area contributed by atoms with E-state index in [1.165, 1.54) is 0 Å². The van der Waals surface area contributed by atoms with Crippen LogP contribution in [0.25, 0.3) is 10.8 Å². The van der Waals surface area contributed by atoms with E-state index in [0.717, 1.165) is 46.7 Å². The van der Waals surface area contributed by atoms with Gasteiger partial charge in [-0.2, -0.15) is 0 Å². The molecule has 1 aliphatic rings. The van der Waals surface area contributed by atoms with Crippen molar-refractivity contribution >= 4 is 32.6 Å². The SMILES string of the molecule is CN1CCCC(NC(=O)c2ccc3cc(Br)ccc3c2)C1. The van der Waals surface area contributed by atoms with Crippen LogP contribution in [-0.2, 0) is 0 Å². The highest BCUT2D eigenvalue weighted by molar-refractivity contribution is 9.10. The fraction of sp³-hybridized carbons (Fsp3) is 0.353. The molecule has 0 radical (unpaired) electrons. The van der Waals surface area contributed by atoms with E-state index >= 15 is 0 Å². The van der Waals surface area contributed by atoms with Gasteiger partial charge in [-0.25, -0.2) is 0 Å². The van der Waals surface area contributed by atoms with Crippen molar-refractivity contribution in [2.24, 2.45) is 0 Å². The van der Waals surface area contributed by atoms with Crippen LogP contribution in [0.15, 0.2) is 40.9 Å². The van der Waals surface area contributed by atoms with Gasteiger partial charge in [0.2, 0.25) is 0 Å². The van der Waals surface area contributed by atoms with Gasteiger partial charge in [0.1, 0.15) is 0 Å². The summed E-state index contributed by atoms with van der Waals surface area (Å²) in [5.41, 5.74) is 0.734. The number of fused-ring (bicyclic) bond motifs is 1. The number of likely N-dealkylation sites (tertiary alicyclic amines) is 1. The van der Waals surface area contributed by atoms with Gasteiger partial charge in [-0.05, 0) is 61.5 Å². The quantitative estimate of drug-likeness (QED) is 0.903. The van der Waals surface area contributed by atoms with Gasteiger partial charge in [-0.15, -0.1) is 0 Å². The third-order valence-corrected chi connectivity index (χ3v) is 4.52. The molecule has 0 saturated carbocycles. The molecule has 1 atom stereocenters. The molecule has 0 spiro atoms. The van der Waals surface area contributed by atoms with Crippen molar-refractivity contribution in [3.8, 4) is 0 Å². The first-order valence-corrected chi connectivity index (χ1v) is 8.10. The van der Waals surface area contributed by atoms with Gasteiger partial charge in [0.15, 0.2) is 0 Å². The van der Waals surface area contributed by atoms with Crippen molar-refractivity contribution in [3.05, 3.63) is 46.4 Å². The summed E-state index contributed by atoms with van der Waals surface area (Å²) in [6.45, 7) is 2.06. The highest BCUT2D eigenvalue weighted by Gasteiger charge is 2.19. The van der Waals surface area contributed by atoms with Crippen LogP contribution in [0.5, 0.6) is 0 Å². The lowest BCUT2D eigenvalue weighted by Gasteiger charge is -2.30. The molecule has 3 nitrogen and oxygen atoms in total. The predicted octanol–water partition coefficient (Wildman–Crippen LogP) is 3.43. The number of amides is 1. The molecule has 21 heavy (non-hydrogen) atoms. The van der Waals surface area contributed by atoms with E-state index in [0.29, 0.717) is 0 Å². The molecule has 1 amide bonds. The maximum absolute atomic E-state index is 12.4. The van der Waals surface area contributed by atoms with Crippen LogP contribution in [0.3, 0.4) is 0 Å². The normalized spacial score (nSPS) is 19.6. The summed E-state index contributed by atoms with van der Waals surface area (Å²) in [7, 11) is 2.10. The van der Waals surface area contributed by atoms with Gasteiger partial charge >= 0.3 is 0 Å². The first-order chi connectivity index (χ1) is 10.1. The summed E-state index contributed by atoms with van der Waals surface area (Å²) < 4.78 is 1.05. The highest BCUT2D eigenvalue weighted by Crippen LogP contribution is 2.21. The molecule has 4 heteroatoms. The first kappa shape index (κ1) is 14.5. The minimum atomic E-state index is 0.0279. The fourth-order valence-electron chi connectivity index (χ4n) is 2.91. The van der Waals surface area contributed by atoms with Crippen molar-refractivity contribution in [1.82, 2.24) is 10.2 Å². The molecule has 1 N–H and O–H groups in total. The van der Waals surface area contributed by atoms with E-state index in [9.17, 15) is 4.79 Å². The van der Waals surface area contributed by atoms with E-state index in [2.05, 4.69) is 39.3 Å². The van der Waals surface area contributed by atoms with Crippen molar-refractivity contribution in [1.29, 1.82) is 0 Å². The molecular weight excluding hydrogens is 328 g/mol. The number of hydrogen-bond acceptors (Lipinski definition) is 2. The Morgan fingerprint density at radius 3 is 2.81 bits per heavy atom. The Morgan fingerprint density at radius 2 is 2.00 bits per heavy atom. The average molecular weight is 347 g/mol. The number of rotatable bonds is 2. The Labute approximate surface area is 133 Å². The number of halogens is 1. The van der Waals surface area contributed by atoms with Crippen molar-refractivity contribution in [2.45, 2.75) is 18.9 Å². The summed E-state index contributed by atoms with van der Waals surface area (Å²) in [6, 6.07) is 12.2. The summed E-state index contributed by atoms with van der Waals surface area (Å²) in [5.74, 6) is 0.0279. The van der Waals surface area contributed by atoms with Gasteiger partial charge in [0.25, 0.3) is 5.91 Å². The summed E-state index contributed by atoms with van der Waals surface area (Å²) in [4.78, 5) is 14.7. The number of nitrogens with one attached hydrogen (secondary N) is 1. The third-order valence-electron chi connectivity index (χ3n) is 4.02. The number of hydrogen-bond donors (Lipinski definition) is 1. The molecule has 0 aromatic heterocycles. The second-order valence-electron chi connectivity index (χ2n) is 5.78. The molecule has 0 bridgehead atoms. The molecule has 3 rings (SSSR count). The molecule has 2 aromatic carbocycles.